The fourth-order valence-electron chi connectivity index (χ4n) is 2.52. The monoisotopic (exact) mass is 277 g/mol. The molecule has 3 atom stereocenters. The summed E-state index contributed by atoms with van der Waals surface area (Å²) < 4.78 is 28.8. The van der Waals surface area contributed by atoms with Crippen molar-refractivity contribution in [3.63, 3.8) is 0 Å². The fraction of sp³-hybridized carbons (Fsp3) is 1.00. The first-order chi connectivity index (χ1) is 8.35. The number of rotatable bonds is 7. The normalized spacial score (nSPS) is 26.7. The molecule has 0 unspecified atom stereocenters. The van der Waals surface area contributed by atoms with Crippen molar-refractivity contribution >= 4 is 9.84 Å². The van der Waals surface area contributed by atoms with Crippen molar-refractivity contribution in [2.45, 2.75) is 46.3 Å². The third kappa shape index (κ3) is 4.86. The van der Waals surface area contributed by atoms with Gasteiger partial charge in [-0.2, -0.15) is 0 Å². The summed E-state index contributed by atoms with van der Waals surface area (Å²) in [7, 11) is -2.89. The first kappa shape index (κ1) is 15.9. The van der Waals surface area contributed by atoms with E-state index in [2.05, 4.69) is 19.2 Å². The Morgan fingerprint density at radius 2 is 2.00 bits per heavy atom. The first-order valence-corrected chi connectivity index (χ1v) is 8.73. The Kier molecular flexibility index (Phi) is 6.08. The van der Waals surface area contributed by atoms with Gasteiger partial charge in [0.2, 0.25) is 0 Å². The molecular weight excluding hydrogens is 250 g/mol. The summed E-state index contributed by atoms with van der Waals surface area (Å²) in [6, 6.07) is 0.0170. The maximum atomic E-state index is 11.5. The quantitative estimate of drug-likeness (QED) is 0.765. The van der Waals surface area contributed by atoms with Crippen LogP contribution in [0.2, 0.25) is 0 Å². The van der Waals surface area contributed by atoms with Gasteiger partial charge in [0.25, 0.3) is 0 Å². The van der Waals surface area contributed by atoms with E-state index >= 15 is 0 Å². The summed E-state index contributed by atoms with van der Waals surface area (Å²) in [6.45, 7) is 9.66. The molecule has 4 nitrogen and oxygen atoms in total. The second-order valence-electron chi connectivity index (χ2n) is 5.64. The lowest BCUT2D eigenvalue weighted by Gasteiger charge is -2.24. The first-order valence-electron chi connectivity index (χ1n) is 6.91. The van der Waals surface area contributed by atoms with Crippen LogP contribution in [0.1, 0.15) is 34.1 Å². The zero-order valence-electron chi connectivity index (χ0n) is 12.0. The Morgan fingerprint density at radius 3 is 2.56 bits per heavy atom. The Balaban J connectivity index is 2.36. The topological polar surface area (TPSA) is 55.4 Å². The van der Waals surface area contributed by atoms with Gasteiger partial charge in [0.15, 0.2) is 9.84 Å². The number of ether oxygens (including phenoxy) is 1. The second-order valence-corrected chi connectivity index (χ2v) is 8.03. The Bertz CT molecular complexity index is 340. The molecule has 5 heteroatoms. The van der Waals surface area contributed by atoms with Gasteiger partial charge in [0, 0.05) is 24.9 Å². The van der Waals surface area contributed by atoms with Crippen molar-refractivity contribution in [3.05, 3.63) is 0 Å². The minimum atomic E-state index is -2.89. The summed E-state index contributed by atoms with van der Waals surface area (Å²) in [5.41, 5.74) is 0. The SMILES string of the molecule is CCS(=O)(=O)C[C@@H](C)NC[C@H]1CCO[C@@H]1C(C)C. The second kappa shape index (κ2) is 6.87. The highest BCUT2D eigenvalue weighted by Gasteiger charge is 2.30. The van der Waals surface area contributed by atoms with Gasteiger partial charge in [-0.1, -0.05) is 20.8 Å². The van der Waals surface area contributed by atoms with Gasteiger partial charge in [-0.25, -0.2) is 8.42 Å². The number of hydrogen-bond donors (Lipinski definition) is 1. The zero-order valence-corrected chi connectivity index (χ0v) is 12.8. The Hall–Kier alpha value is -0.130. The predicted molar refractivity (Wildman–Crippen MR) is 74.5 cm³/mol. The maximum Gasteiger partial charge on any atom is 0.151 e. The van der Waals surface area contributed by atoms with Crippen molar-refractivity contribution in [2.75, 3.05) is 24.7 Å². The molecule has 0 aliphatic carbocycles. The molecule has 0 spiro atoms. The standard InChI is InChI=1S/C13H27NO3S/c1-5-18(15,16)9-11(4)14-8-12-6-7-17-13(12)10(2)3/h10-14H,5-9H2,1-4H3/t11-,12-,13-/m1/s1. The van der Waals surface area contributed by atoms with Crippen LogP contribution in [0.25, 0.3) is 0 Å². The molecule has 1 aliphatic rings. The van der Waals surface area contributed by atoms with E-state index in [0.29, 0.717) is 17.9 Å². The molecule has 1 rings (SSSR count). The molecule has 0 saturated carbocycles. The molecule has 1 fully saturated rings. The highest BCUT2D eigenvalue weighted by Crippen LogP contribution is 2.26. The summed E-state index contributed by atoms with van der Waals surface area (Å²) in [5.74, 6) is 1.48. The van der Waals surface area contributed by atoms with Crippen LogP contribution in [0.4, 0.5) is 0 Å². The van der Waals surface area contributed by atoms with Crippen molar-refractivity contribution in [3.8, 4) is 0 Å². The lowest BCUT2D eigenvalue weighted by molar-refractivity contribution is 0.0536. The van der Waals surface area contributed by atoms with E-state index in [1.807, 2.05) is 6.92 Å². The molecule has 0 aromatic heterocycles. The number of hydrogen-bond acceptors (Lipinski definition) is 4. The van der Waals surface area contributed by atoms with Crippen LogP contribution in [0.3, 0.4) is 0 Å². The Labute approximate surface area is 111 Å². The molecular formula is C13H27NO3S. The van der Waals surface area contributed by atoms with Gasteiger partial charge in [0.05, 0.1) is 11.9 Å². The van der Waals surface area contributed by atoms with Crippen LogP contribution in [-0.4, -0.2) is 45.2 Å². The molecule has 1 saturated heterocycles. The Morgan fingerprint density at radius 1 is 1.33 bits per heavy atom. The van der Waals surface area contributed by atoms with E-state index in [9.17, 15) is 8.42 Å². The third-order valence-electron chi connectivity index (χ3n) is 3.59. The lowest BCUT2D eigenvalue weighted by atomic mass is 9.93. The number of nitrogens with one attached hydrogen (secondary N) is 1. The van der Waals surface area contributed by atoms with Gasteiger partial charge in [-0.15, -0.1) is 0 Å². The van der Waals surface area contributed by atoms with Gasteiger partial charge in [-0.3, -0.25) is 0 Å². The number of sulfone groups is 1. The van der Waals surface area contributed by atoms with E-state index in [1.54, 1.807) is 6.92 Å². The molecule has 0 radical (unpaired) electrons. The van der Waals surface area contributed by atoms with Crippen LogP contribution in [0, 0.1) is 11.8 Å². The molecule has 108 valence electrons. The third-order valence-corrected chi connectivity index (χ3v) is 5.48. The smallest absolute Gasteiger partial charge is 0.151 e. The molecule has 1 N–H and O–H groups in total. The minimum Gasteiger partial charge on any atom is -0.378 e. The largest absolute Gasteiger partial charge is 0.378 e. The highest BCUT2D eigenvalue weighted by atomic mass is 32.2. The van der Waals surface area contributed by atoms with E-state index in [1.165, 1.54) is 0 Å². The average Bonchev–Trinajstić information content (AvgIpc) is 2.74. The van der Waals surface area contributed by atoms with E-state index < -0.39 is 9.84 Å². The molecule has 0 aromatic rings. The fourth-order valence-corrected chi connectivity index (χ4v) is 3.64. The molecule has 18 heavy (non-hydrogen) atoms. The van der Waals surface area contributed by atoms with Crippen molar-refractivity contribution < 1.29 is 13.2 Å². The van der Waals surface area contributed by atoms with Gasteiger partial charge in [-0.05, 0) is 25.2 Å². The molecule has 0 bridgehead atoms. The van der Waals surface area contributed by atoms with Crippen LogP contribution >= 0.6 is 0 Å². The van der Waals surface area contributed by atoms with Gasteiger partial charge < -0.3 is 10.1 Å². The summed E-state index contributed by atoms with van der Waals surface area (Å²) in [5, 5.41) is 3.34. The van der Waals surface area contributed by atoms with Crippen molar-refractivity contribution in [2.24, 2.45) is 11.8 Å². The van der Waals surface area contributed by atoms with E-state index in [-0.39, 0.29) is 17.5 Å². The zero-order chi connectivity index (χ0) is 13.8. The maximum absolute atomic E-state index is 11.5. The summed E-state index contributed by atoms with van der Waals surface area (Å²) >= 11 is 0. The van der Waals surface area contributed by atoms with E-state index in [0.717, 1.165) is 19.6 Å². The van der Waals surface area contributed by atoms with E-state index in [4.69, 9.17) is 4.74 Å². The van der Waals surface area contributed by atoms with Crippen LogP contribution in [-0.2, 0) is 14.6 Å². The average molecular weight is 277 g/mol. The van der Waals surface area contributed by atoms with Crippen molar-refractivity contribution in [1.82, 2.24) is 5.32 Å². The molecule has 1 aliphatic heterocycles. The summed E-state index contributed by atoms with van der Waals surface area (Å²) in [6.07, 6.45) is 1.38. The minimum absolute atomic E-state index is 0.0170. The van der Waals surface area contributed by atoms with Crippen LogP contribution < -0.4 is 5.32 Å². The summed E-state index contributed by atoms with van der Waals surface area (Å²) in [4.78, 5) is 0. The van der Waals surface area contributed by atoms with Gasteiger partial charge >= 0.3 is 0 Å². The van der Waals surface area contributed by atoms with Crippen molar-refractivity contribution in [1.29, 1.82) is 0 Å². The van der Waals surface area contributed by atoms with Crippen LogP contribution in [0.5, 0.6) is 0 Å². The van der Waals surface area contributed by atoms with Gasteiger partial charge in [0.1, 0.15) is 0 Å². The highest BCUT2D eigenvalue weighted by molar-refractivity contribution is 7.91. The predicted octanol–water partition coefficient (Wildman–Crippen LogP) is 1.46. The molecule has 0 aromatic carbocycles. The van der Waals surface area contributed by atoms with Crippen LogP contribution in [0.15, 0.2) is 0 Å². The molecule has 0 amide bonds. The molecule has 1 heterocycles. The lowest BCUT2D eigenvalue weighted by Crippen LogP contribution is -2.39.